The summed E-state index contributed by atoms with van der Waals surface area (Å²) in [4.78, 5) is 33.3. The second kappa shape index (κ2) is 5.25. The highest BCUT2D eigenvalue weighted by molar-refractivity contribution is 7.89. The maximum Gasteiger partial charge on any atom is 0.335 e. The largest absolute Gasteiger partial charge is 0.335 e. The van der Waals surface area contributed by atoms with Crippen molar-refractivity contribution in [2.24, 2.45) is 0 Å². The summed E-state index contributed by atoms with van der Waals surface area (Å²) in [6, 6.07) is 4.70. The van der Waals surface area contributed by atoms with Gasteiger partial charge in [0, 0.05) is 11.5 Å². The van der Waals surface area contributed by atoms with Crippen molar-refractivity contribution < 1.29 is 22.9 Å². The first kappa shape index (κ1) is 15.8. The summed E-state index contributed by atoms with van der Waals surface area (Å²) in [7, 11) is -2.60. The number of fused-ring (bicyclic) bond motifs is 3. The average molecular weight is 349 g/mol. The van der Waals surface area contributed by atoms with Gasteiger partial charge in [0.2, 0.25) is 10.0 Å². The first-order valence-corrected chi connectivity index (χ1v) is 7.98. The fraction of sp³-hybridized carbons (Fsp3) is 0.0769. The summed E-state index contributed by atoms with van der Waals surface area (Å²) in [6.07, 6.45) is 0. The fourth-order valence-electron chi connectivity index (χ4n) is 2.35. The molecule has 2 N–H and O–H groups in total. The summed E-state index contributed by atoms with van der Waals surface area (Å²) >= 11 is 0. The zero-order valence-electron chi connectivity index (χ0n) is 12.1. The Kier molecular flexibility index (Phi) is 3.46. The second-order valence-corrected chi connectivity index (χ2v) is 6.72. The van der Waals surface area contributed by atoms with E-state index >= 15 is 0 Å². The Hall–Kier alpha value is -3.05. The number of hydrogen-bond donors (Lipinski definition) is 2. The SMILES string of the molecule is CNS(=O)(=O)c1ccc2c3c(cc([N+](=O)[O-])c2c1)[N]C(=O)C(=O)N3. The summed E-state index contributed by atoms with van der Waals surface area (Å²) in [5, 5.41) is 17.4. The highest BCUT2D eigenvalue weighted by Gasteiger charge is 2.30. The van der Waals surface area contributed by atoms with Gasteiger partial charge in [-0.15, -0.1) is 0 Å². The predicted octanol–water partition coefficient (Wildman–Crippen LogP) is 0.371. The Balaban J connectivity index is 2.37. The van der Waals surface area contributed by atoms with Crippen LogP contribution in [0.4, 0.5) is 17.1 Å². The summed E-state index contributed by atoms with van der Waals surface area (Å²) in [5.41, 5.74) is -0.360. The van der Waals surface area contributed by atoms with E-state index in [0.29, 0.717) is 0 Å². The number of carbonyl (C=O) groups excluding carboxylic acids is 2. The molecule has 2 aromatic carbocycles. The van der Waals surface area contributed by atoms with Gasteiger partial charge >= 0.3 is 11.8 Å². The van der Waals surface area contributed by atoms with Crippen LogP contribution in [0.15, 0.2) is 29.2 Å². The highest BCUT2D eigenvalue weighted by Crippen LogP contribution is 2.40. The number of anilines is 1. The minimum absolute atomic E-state index is 0.0000704. The topological polar surface area (TPSA) is 150 Å². The lowest BCUT2D eigenvalue weighted by Gasteiger charge is -2.17. The third kappa shape index (κ3) is 2.35. The van der Waals surface area contributed by atoms with E-state index in [1.54, 1.807) is 0 Å². The van der Waals surface area contributed by atoms with Crippen molar-refractivity contribution in [3.05, 3.63) is 34.4 Å². The average Bonchev–Trinajstić information content (AvgIpc) is 2.54. The molecule has 11 heteroatoms. The molecule has 1 aliphatic rings. The molecule has 1 aliphatic heterocycles. The van der Waals surface area contributed by atoms with Crippen LogP contribution in [-0.4, -0.2) is 32.2 Å². The fourth-order valence-corrected chi connectivity index (χ4v) is 3.11. The van der Waals surface area contributed by atoms with Crippen molar-refractivity contribution in [3.8, 4) is 0 Å². The lowest BCUT2D eigenvalue weighted by atomic mass is 10.0. The maximum atomic E-state index is 11.9. The summed E-state index contributed by atoms with van der Waals surface area (Å²) < 4.78 is 25.9. The van der Waals surface area contributed by atoms with Crippen molar-refractivity contribution in [1.29, 1.82) is 0 Å². The number of non-ortho nitro benzene ring substituents is 1. The molecule has 0 saturated carbocycles. The van der Waals surface area contributed by atoms with Crippen molar-refractivity contribution in [2.75, 3.05) is 12.4 Å². The Bertz CT molecular complexity index is 1030. The number of carbonyl (C=O) groups is 2. The van der Waals surface area contributed by atoms with Crippen LogP contribution in [0.25, 0.3) is 10.8 Å². The van der Waals surface area contributed by atoms with E-state index in [4.69, 9.17) is 0 Å². The van der Waals surface area contributed by atoms with Crippen LogP contribution in [0.1, 0.15) is 0 Å². The van der Waals surface area contributed by atoms with Gasteiger partial charge < -0.3 is 5.32 Å². The molecule has 24 heavy (non-hydrogen) atoms. The monoisotopic (exact) mass is 349 g/mol. The molecule has 3 rings (SSSR count). The van der Waals surface area contributed by atoms with Crippen LogP contribution in [-0.2, 0) is 19.6 Å². The van der Waals surface area contributed by atoms with Crippen molar-refractivity contribution in [2.45, 2.75) is 4.90 Å². The van der Waals surface area contributed by atoms with Gasteiger partial charge in [-0.1, -0.05) is 6.07 Å². The number of nitro groups is 1. The van der Waals surface area contributed by atoms with Gasteiger partial charge in [0.05, 0.1) is 26.6 Å². The number of amides is 2. The molecule has 2 aromatic rings. The summed E-state index contributed by atoms with van der Waals surface area (Å²) in [6.45, 7) is 0. The second-order valence-electron chi connectivity index (χ2n) is 4.83. The lowest BCUT2D eigenvalue weighted by molar-refractivity contribution is -0.383. The van der Waals surface area contributed by atoms with E-state index in [1.165, 1.54) is 19.2 Å². The number of nitrogens with one attached hydrogen (secondary N) is 2. The quantitative estimate of drug-likeness (QED) is 0.464. The molecular formula is C13H9N4O6S. The van der Waals surface area contributed by atoms with Crippen LogP contribution in [0.3, 0.4) is 0 Å². The Labute approximate surface area is 135 Å². The van der Waals surface area contributed by atoms with E-state index in [0.717, 1.165) is 12.1 Å². The van der Waals surface area contributed by atoms with Gasteiger partial charge in [-0.25, -0.2) is 18.5 Å². The highest BCUT2D eigenvalue weighted by atomic mass is 32.2. The Morgan fingerprint density at radius 2 is 1.92 bits per heavy atom. The van der Waals surface area contributed by atoms with Gasteiger partial charge in [0.25, 0.3) is 5.69 Å². The van der Waals surface area contributed by atoms with Crippen molar-refractivity contribution in [1.82, 2.24) is 10.0 Å². The standard InChI is InChI=1S/C13H9N4O6S/c1-14-24(22,23)6-2-3-7-8(4-6)10(17(20)21)5-9-11(7)16-13(19)12(18)15-9/h2-5,14H,1H3,(H,16,19). The minimum atomic E-state index is -3.81. The van der Waals surface area contributed by atoms with Gasteiger partial charge in [-0.2, -0.15) is 0 Å². The van der Waals surface area contributed by atoms with Gasteiger partial charge in [-0.05, 0) is 19.2 Å². The van der Waals surface area contributed by atoms with E-state index in [9.17, 15) is 28.1 Å². The molecule has 1 radical (unpaired) electrons. The van der Waals surface area contributed by atoms with Crippen molar-refractivity contribution in [3.63, 3.8) is 0 Å². The van der Waals surface area contributed by atoms with E-state index in [2.05, 4.69) is 15.4 Å². The van der Waals surface area contributed by atoms with E-state index in [1.807, 2.05) is 0 Å². The Morgan fingerprint density at radius 1 is 1.21 bits per heavy atom. The Morgan fingerprint density at radius 3 is 2.54 bits per heavy atom. The molecule has 0 spiro atoms. The lowest BCUT2D eigenvalue weighted by Crippen LogP contribution is -2.33. The smallest absolute Gasteiger partial charge is 0.315 e. The minimum Gasteiger partial charge on any atom is -0.315 e. The van der Waals surface area contributed by atoms with Gasteiger partial charge in [0.1, 0.15) is 0 Å². The number of nitrogens with zero attached hydrogens (tertiary/aromatic N) is 2. The van der Waals surface area contributed by atoms with E-state index < -0.39 is 32.4 Å². The number of hydrogen-bond acceptors (Lipinski definition) is 6. The zero-order valence-corrected chi connectivity index (χ0v) is 12.9. The maximum absolute atomic E-state index is 11.9. The molecule has 0 aromatic heterocycles. The molecule has 1 heterocycles. The first-order valence-electron chi connectivity index (χ1n) is 6.50. The van der Waals surface area contributed by atoms with Crippen LogP contribution >= 0.6 is 0 Å². The molecule has 0 aliphatic carbocycles. The number of sulfonamides is 1. The van der Waals surface area contributed by atoms with Crippen LogP contribution in [0, 0.1) is 10.1 Å². The van der Waals surface area contributed by atoms with Crippen LogP contribution in [0.5, 0.6) is 0 Å². The molecule has 0 fully saturated rings. The number of benzene rings is 2. The number of nitro benzene ring substituents is 1. The van der Waals surface area contributed by atoms with Crippen molar-refractivity contribution >= 4 is 49.7 Å². The van der Waals surface area contributed by atoms with Crippen LogP contribution in [0.2, 0.25) is 0 Å². The molecular weight excluding hydrogens is 340 g/mol. The molecule has 0 unspecified atom stereocenters. The molecule has 0 saturated heterocycles. The van der Waals surface area contributed by atoms with E-state index in [-0.39, 0.29) is 27.0 Å². The van der Waals surface area contributed by atoms with Gasteiger partial charge in [-0.3, -0.25) is 19.7 Å². The first-order chi connectivity index (χ1) is 11.2. The van der Waals surface area contributed by atoms with Crippen LogP contribution < -0.4 is 15.4 Å². The molecule has 123 valence electrons. The molecule has 10 nitrogen and oxygen atoms in total. The predicted molar refractivity (Wildman–Crippen MR) is 82.3 cm³/mol. The zero-order chi connectivity index (χ0) is 17.6. The number of rotatable bonds is 3. The third-order valence-electron chi connectivity index (χ3n) is 3.50. The summed E-state index contributed by atoms with van der Waals surface area (Å²) in [5.74, 6) is -2.03. The molecule has 2 amide bonds. The third-order valence-corrected chi connectivity index (χ3v) is 4.91. The molecule has 0 atom stereocenters. The molecule has 0 bridgehead atoms. The van der Waals surface area contributed by atoms with Gasteiger partial charge in [0.15, 0.2) is 0 Å². The normalized spacial score (nSPS) is 14.0.